The first-order valence-electron chi connectivity index (χ1n) is 6.29. The maximum Gasteiger partial charge on any atom is 0.335 e. The van der Waals surface area contributed by atoms with Crippen molar-refractivity contribution < 1.29 is 14.4 Å². The van der Waals surface area contributed by atoms with Crippen LogP contribution in [0.4, 0.5) is 4.79 Å². The highest BCUT2D eigenvalue weighted by Crippen LogP contribution is 2.29. The maximum absolute atomic E-state index is 12.0. The molecule has 1 saturated heterocycles. The van der Waals surface area contributed by atoms with Gasteiger partial charge in [-0.3, -0.25) is 19.4 Å². The van der Waals surface area contributed by atoms with E-state index in [1.165, 1.54) is 12.8 Å². The summed E-state index contributed by atoms with van der Waals surface area (Å²) in [6, 6.07) is -0.782. The first kappa shape index (κ1) is 13.0. The number of rotatable bonds is 5. The first-order valence-corrected chi connectivity index (χ1v) is 6.29. The lowest BCUT2D eigenvalue weighted by molar-refractivity contribution is -0.144. The van der Waals surface area contributed by atoms with Gasteiger partial charge in [-0.05, 0) is 39.7 Å². The van der Waals surface area contributed by atoms with Gasteiger partial charge in [0.2, 0.25) is 0 Å². The van der Waals surface area contributed by atoms with Crippen LogP contribution in [-0.2, 0) is 9.59 Å². The highest BCUT2D eigenvalue weighted by molar-refractivity contribution is 6.44. The van der Waals surface area contributed by atoms with Crippen molar-refractivity contribution in [1.82, 2.24) is 14.7 Å². The summed E-state index contributed by atoms with van der Waals surface area (Å²) in [6.07, 6.45) is 2.42. The smallest absolute Gasteiger partial charge is 0.288 e. The monoisotopic (exact) mass is 253 g/mol. The SMILES string of the molecule is CC(C)N1C(=O)C(=O)N(CN(C)CC2CC2)C1=O. The summed E-state index contributed by atoms with van der Waals surface area (Å²) >= 11 is 0. The van der Waals surface area contributed by atoms with E-state index >= 15 is 0 Å². The zero-order valence-electron chi connectivity index (χ0n) is 11.0. The Kier molecular flexibility index (Phi) is 3.38. The number of urea groups is 1. The van der Waals surface area contributed by atoms with Crippen molar-refractivity contribution in [3.63, 3.8) is 0 Å². The van der Waals surface area contributed by atoms with Crippen molar-refractivity contribution in [1.29, 1.82) is 0 Å². The van der Waals surface area contributed by atoms with Gasteiger partial charge in [0, 0.05) is 12.6 Å². The fraction of sp³-hybridized carbons (Fsp3) is 0.750. The second-order valence-corrected chi connectivity index (χ2v) is 5.41. The van der Waals surface area contributed by atoms with Gasteiger partial charge in [0.15, 0.2) is 0 Å². The predicted molar refractivity (Wildman–Crippen MR) is 64.4 cm³/mol. The Balaban J connectivity index is 2.01. The summed E-state index contributed by atoms with van der Waals surface area (Å²) in [4.78, 5) is 39.4. The Morgan fingerprint density at radius 2 is 1.83 bits per heavy atom. The molecule has 4 amide bonds. The Hall–Kier alpha value is -1.43. The van der Waals surface area contributed by atoms with Crippen LogP contribution in [0.5, 0.6) is 0 Å². The quantitative estimate of drug-likeness (QED) is 0.528. The van der Waals surface area contributed by atoms with Gasteiger partial charge in [0.05, 0.1) is 6.67 Å². The van der Waals surface area contributed by atoms with Gasteiger partial charge in [-0.2, -0.15) is 0 Å². The van der Waals surface area contributed by atoms with E-state index in [0.717, 1.165) is 16.3 Å². The maximum atomic E-state index is 12.0. The molecule has 6 nitrogen and oxygen atoms in total. The number of nitrogens with zero attached hydrogens (tertiary/aromatic N) is 3. The van der Waals surface area contributed by atoms with Crippen LogP contribution >= 0.6 is 0 Å². The standard InChI is InChI=1S/C12H19N3O3/c1-8(2)15-11(17)10(16)14(12(15)18)7-13(3)6-9-4-5-9/h8-9H,4-7H2,1-3H3. The third-order valence-corrected chi connectivity index (χ3v) is 3.25. The molecule has 1 aliphatic heterocycles. The zero-order chi connectivity index (χ0) is 13.4. The van der Waals surface area contributed by atoms with Gasteiger partial charge in [0.25, 0.3) is 0 Å². The lowest BCUT2D eigenvalue weighted by Crippen LogP contribution is -2.42. The lowest BCUT2D eigenvalue weighted by Gasteiger charge is -2.23. The molecule has 2 aliphatic rings. The first-order chi connectivity index (χ1) is 8.41. The minimum atomic E-state index is -0.713. The van der Waals surface area contributed by atoms with E-state index in [1.54, 1.807) is 13.8 Å². The number of hydrogen-bond donors (Lipinski definition) is 0. The Bertz CT molecular complexity index is 390. The van der Waals surface area contributed by atoms with Crippen LogP contribution in [-0.4, -0.2) is 58.8 Å². The van der Waals surface area contributed by atoms with E-state index in [9.17, 15) is 14.4 Å². The molecule has 0 aromatic carbocycles. The average Bonchev–Trinajstić information content (AvgIpc) is 3.04. The van der Waals surface area contributed by atoms with Crippen molar-refractivity contribution >= 4 is 17.8 Å². The van der Waals surface area contributed by atoms with E-state index in [-0.39, 0.29) is 12.7 Å². The van der Waals surface area contributed by atoms with Crippen LogP contribution in [0, 0.1) is 5.92 Å². The van der Waals surface area contributed by atoms with E-state index in [0.29, 0.717) is 5.92 Å². The number of carbonyl (C=O) groups excluding carboxylic acids is 3. The van der Waals surface area contributed by atoms with Crippen LogP contribution in [0.15, 0.2) is 0 Å². The fourth-order valence-corrected chi connectivity index (χ4v) is 2.14. The van der Waals surface area contributed by atoms with Gasteiger partial charge in [0.1, 0.15) is 0 Å². The fourth-order valence-electron chi connectivity index (χ4n) is 2.14. The normalized spacial score (nSPS) is 20.8. The predicted octanol–water partition coefficient (Wildman–Crippen LogP) is 0.485. The number of hydrogen-bond acceptors (Lipinski definition) is 4. The molecule has 2 rings (SSSR count). The third-order valence-electron chi connectivity index (χ3n) is 3.25. The molecule has 0 unspecified atom stereocenters. The molecule has 1 heterocycles. The van der Waals surface area contributed by atoms with Crippen molar-refractivity contribution in [3.05, 3.63) is 0 Å². The minimum Gasteiger partial charge on any atom is -0.288 e. The van der Waals surface area contributed by atoms with Crippen molar-refractivity contribution in [2.24, 2.45) is 5.92 Å². The molecule has 0 bridgehead atoms. The Labute approximate surface area is 107 Å². The summed E-state index contributed by atoms with van der Waals surface area (Å²) < 4.78 is 0. The number of imide groups is 2. The van der Waals surface area contributed by atoms with E-state index in [4.69, 9.17) is 0 Å². The summed E-state index contributed by atoms with van der Waals surface area (Å²) in [5.41, 5.74) is 0. The summed E-state index contributed by atoms with van der Waals surface area (Å²) in [6.45, 7) is 4.51. The van der Waals surface area contributed by atoms with Crippen LogP contribution in [0.1, 0.15) is 26.7 Å². The third kappa shape index (κ3) is 2.38. The second kappa shape index (κ2) is 4.68. The van der Waals surface area contributed by atoms with E-state index < -0.39 is 17.8 Å². The molecule has 0 atom stereocenters. The summed E-state index contributed by atoms with van der Waals surface area (Å²) in [5.74, 6) is -0.745. The van der Waals surface area contributed by atoms with E-state index in [2.05, 4.69) is 0 Å². The molecule has 0 N–H and O–H groups in total. The Morgan fingerprint density at radius 3 is 2.28 bits per heavy atom. The molecule has 0 radical (unpaired) electrons. The molecular formula is C12H19N3O3. The molecule has 0 aromatic heterocycles. The number of carbonyl (C=O) groups is 3. The van der Waals surface area contributed by atoms with Gasteiger partial charge in [-0.25, -0.2) is 9.69 Å². The van der Waals surface area contributed by atoms with Crippen molar-refractivity contribution in [2.75, 3.05) is 20.3 Å². The van der Waals surface area contributed by atoms with Gasteiger partial charge < -0.3 is 0 Å². The molecule has 1 saturated carbocycles. The molecule has 6 heteroatoms. The molecule has 18 heavy (non-hydrogen) atoms. The molecule has 2 fully saturated rings. The zero-order valence-corrected chi connectivity index (χ0v) is 11.0. The van der Waals surface area contributed by atoms with Crippen molar-refractivity contribution in [3.8, 4) is 0 Å². The van der Waals surface area contributed by atoms with Crippen LogP contribution in [0.25, 0.3) is 0 Å². The van der Waals surface area contributed by atoms with Gasteiger partial charge >= 0.3 is 17.8 Å². The summed E-state index contributed by atoms with van der Waals surface area (Å²) in [5, 5.41) is 0. The van der Waals surface area contributed by atoms with E-state index in [1.807, 2.05) is 11.9 Å². The minimum absolute atomic E-state index is 0.198. The topological polar surface area (TPSA) is 60.9 Å². The lowest BCUT2D eigenvalue weighted by atomic mass is 10.3. The molecule has 100 valence electrons. The average molecular weight is 253 g/mol. The van der Waals surface area contributed by atoms with Gasteiger partial charge in [-0.1, -0.05) is 0 Å². The largest absolute Gasteiger partial charge is 0.335 e. The van der Waals surface area contributed by atoms with Crippen LogP contribution < -0.4 is 0 Å². The van der Waals surface area contributed by atoms with Crippen LogP contribution in [0.2, 0.25) is 0 Å². The molecule has 1 aliphatic carbocycles. The molecular weight excluding hydrogens is 234 g/mol. The van der Waals surface area contributed by atoms with Crippen molar-refractivity contribution in [2.45, 2.75) is 32.7 Å². The number of amides is 4. The highest BCUT2D eigenvalue weighted by Gasteiger charge is 2.46. The van der Waals surface area contributed by atoms with Gasteiger partial charge in [-0.15, -0.1) is 0 Å². The molecule has 0 aromatic rings. The van der Waals surface area contributed by atoms with Crippen LogP contribution in [0.3, 0.4) is 0 Å². The second-order valence-electron chi connectivity index (χ2n) is 5.41. The Morgan fingerprint density at radius 1 is 1.22 bits per heavy atom. The summed E-state index contributed by atoms with van der Waals surface area (Å²) in [7, 11) is 1.86. The molecule has 0 spiro atoms. The highest BCUT2D eigenvalue weighted by atomic mass is 16.2.